The van der Waals surface area contributed by atoms with Crippen molar-refractivity contribution in [2.45, 2.75) is 31.2 Å². The highest BCUT2D eigenvalue weighted by Crippen LogP contribution is 2.30. The molecule has 0 aliphatic carbocycles. The van der Waals surface area contributed by atoms with Crippen molar-refractivity contribution >= 4 is 11.3 Å². The fourth-order valence-electron chi connectivity index (χ4n) is 1.98. The molecule has 0 bridgehead atoms. The molecule has 0 amide bonds. The van der Waals surface area contributed by atoms with Gasteiger partial charge in [0.1, 0.15) is 6.61 Å². The van der Waals surface area contributed by atoms with Crippen molar-refractivity contribution in [1.82, 2.24) is 4.98 Å². The monoisotopic (exact) mass is 292 g/mol. The molecule has 1 saturated heterocycles. The number of ether oxygens (including phenoxy) is 2. The van der Waals surface area contributed by atoms with E-state index < -0.39 is 18.6 Å². The summed E-state index contributed by atoms with van der Waals surface area (Å²) in [4.78, 5) is 4.49. The molecule has 0 atom stereocenters. The molecule has 1 fully saturated rings. The predicted octanol–water partition coefficient (Wildman–Crippen LogP) is 1.93. The summed E-state index contributed by atoms with van der Waals surface area (Å²) in [7, 11) is 0. The molecule has 2 N–H and O–H groups in total. The average molecular weight is 292 g/mol. The van der Waals surface area contributed by atoms with Crippen LogP contribution in [-0.4, -0.2) is 37.8 Å². The number of rotatable bonds is 6. The molecule has 4 nitrogen and oxygen atoms in total. The van der Waals surface area contributed by atoms with Crippen molar-refractivity contribution in [3.8, 4) is 0 Å². The summed E-state index contributed by atoms with van der Waals surface area (Å²) in [6, 6.07) is 0. The number of hydrogen-bond acceptors (Lipinski definition) is 5. The van der Waals surface area contributed by atoms with Crippen LogP contribution in [0.5, 0.6) is 0 Å². The molecule has 0 spiro atoms. The Labute approximate surface area is 114 Å². The van der Waals surface area contributed by atoms with Crippen LogP contribution >= 0.6 is 11.3 Å². The van der Waals surface area contributed by atoms with Gasteiger partial charge in [0.05, 0.1) is 22.8 Å². The summed E-state index contributed by atoms with van der Waals surface area (Å²) in [5.74, 6) is 0. The van der Waals surface area contributed by atoms with E-state index in [0.29, 0.717) is 19.6 Å². The van der Waals surface area contributed by atoms with Crippen LogP contribution in [0.3, 0.4) is 0 Å². The van der Waals surface area contributed by atoms with Gasteiger partial charge in [0.15, 0.2) is 0 Å². The normalized spacial score (nSPS) is 18.9. The van der Waals surface area contributed by atoms with Crippen LogP contribution in [0.1, 0.15) is 23.5 Å². The topological polar surface area (TPSA) is 57.4 Å². The van der Waals surface area contributed by atoms with Crippen LogP contribution in [0.15, 0.2) is 5.38 Å². The van der Waals surface area contributed by atoms with Crippen molar-refractivity contribution in [3.05, 3.63) is 16.1 Å². The molecule has 0 radical (unpaired) electrons. The largest absolute Gasteiger partial charge is 0.381 e. The minimum absolute atomic E-state index is 0.262. The zero-order valence-corrected chi connectivity index (χ0v) is 11.4. The van der Waals surface area contributed by atoms with Crippen molar-refractivity contribution in [2.24, 2.45) is 5.73 Å². The summed E-state index contributed by atoms with van der Waals surface area (Å²) >= 11 is 1.50. The second-order valence-electron chi connectivity index (χ2n) is 4.61. The molecule has 1 aliphatic rings. The number of halogens is 2. The van der Waals surface area contributed by atoms with Gasteiger partial charge in [-0.1, -0.05) is 0 Å². The van der Waals surface area contributed by atoms with Crippen LogP contribution in [0, 0.1) is 0 Å². The maximum absolute atomic E-state index is 11.9. The molecule has 108 valence electrons. The first-order valence-electron chi connectivity index (χ1n) is 6.27. The summed E-state index contributed by atoms with van der Waals surface area (Å²) in [6.45, 7) is 1.05. The van der Waals surface area contributed by atoms with Gasteiger partial charge in [-0.25, -0.2) is 13.8 Å². The SMILES string of the molecule is NC1(c2csc(CCOCC(F)F)n2)CCOCC1. The van der Waals surface area contributed by atoms with E-state index in [1.165, 1.54) is 11.3 Å². The van der Waals surface area contributed by atoms with Crippen molar-refractivity contribution in [2.75, 3.05) is 26.4 Å². The van der Waals surface area contributed by atoms with Gasteiger partial charge in [0.25, 0.3) is 6.43 Å². The van der Waals surface area contributed by atoms with Crippen LogP contribution in [0.4, 0.5) is 8.78 Å². The third-order valence-electron chi connectivity index (χ3n) is 3.15. The fourth-order valence-corrected chi connectivity index (χ4v) is 2.87. The molecule has 7 heteroatoms. The lowest BCUT2D eigenvalue weighted by molar-refractivity contribution is 0.0186. The molecule has 0 aromatic carbocycles. The number of alkyl halides is 2. The van der Waals surface area contributed by atoms with E-state index in [9.17, 15) is 8.78 Å². The predicted molar refractivity (Wildman–Crippen MR) is 68.6 cm³/mol. The molecule has 19 heavy (non-hydrogen) atoms. The van der Waals surface area contributed by atoms with Crippen molar-refractivity contribution in [3.63, 3.8) is 0 Å². The summed E-state index contributed by atoms with van der Waals surface area (Å²) in [5.41, 5.74) is 6.80. The van der Waals surface area contributed by atoms with Crippen molar-refractivity contribution < 1.29 is 18.3 Å². The van der Waals surface area contributed by atoms with Crippen LogP contribution in [-0.2, 0) is 21.4 Å². The van der Waals surface area contributed by atoms with Gasteiger partial charge in [-0.3, -0.25) is 0 Å². The lowest BCUT2D eigenvalue weighted by Crippen LogP contribution is -2.42. The van der Waals surface area contributed by atoms with E-state index in [-0.39, 0.29) is 6.61 Å². The highest BCUT2D eigenvalue weighted by Gasteiger charge is 2.32. The Balaban J connectivity index is 1.84. The summed E-state index contributed by atoms with van der Waals surface area (Å²) in [6.07, 6.45) is -0.346. The molecular formula is C12H18F2N2O2S. The van der Waals surface area contributed by atoms with E-state index in [1.54, 1.807) is 0 Å². The van der Waals surface area contributed by atoms with E-state index in [0.717, 1.165) is 23.5 Å². The molecular weight excluding hydrogens is 274 g/mol. The highest BCUT2D eigenvalue weighted by atomic mass is 32.1. The van der Waals surface area contributed by atoms with E-state index >= 15 is 0 Å². The Hall–Kier alpha value is -0.630. The Bertz CT molecular complexity index is 395. The van der Waals surface area contributed by atoms with Gasteiger partial charge < -0.3 is 15.2 Å². The van der Waals surface area contributed by atoms with Gasteiger partial charge in [-0.15, -0.1) is 11.3 Å². The van der Waals surface area contributed by atoms with Gasteiger partial charge in [0.2, 0.25) is 0 Å². The molecule has 1 aromatic heterocycles. The zero-order valence-electron chi connectivity index (χ0n) is 10.6. The first kappa shape index (κ1) is 14.8. The highest BCUT2D eigenvalue weighted by molar-refractivity contribution is 7.09. The zero-order chi connectivity index (χ0) is 13.7. The second-order valence-corrected chi connectivity index (χ2v) is 5.55. The molecule has 2 heterocycles. The quantitative estimate of drug-likeness (QED) is 0.814. The molecule has 0 saturated carbocycles. The Kier molecular flexibility index (Phi) is 5.20. The Morgan fingerprint density at radius 3 is 2.89 bits per heavy atom. The molecule has 1 aromatic rings. The second kappa shape index (κ2) is 6.69. The van der Waals surface area contributed by atoms with E-state index in [4.69, 9.17) is 15.2 Å². The standard InChI is InChI=1S/C12H18F2N2O2S/c13-10(14)7-18-4-1-11-16-9(8-19-11)12(15)2-5-17-6-3-12/h8,10H,1-7,15H2. The van der Waals surface area contributed by atoms with Crippen LogP contribution in [0.2, 0.25) is 0 Å². The molecule has 0 unspecified atom stereocenters. The third-order valence-corrected chi connectivity index (χ3v) is 4.06. The van der Waals surface area contributed by atoms with Gasteiger partial charge in [-0.05, 0) is 12.8 Å². The molecule has 1 aliphatic heterocycles. The maximum atomic E-state index is 11.9. The van der Waals surface area contributed by atoms with Crippen LogP contribution in [0.25, 0.3) is 0 Å². The maximum Gasteiger partial charge on any atom is 0.261 e. The minimum atomic E-state index is -2.42. The van der Waals surface area contributed by atoms with Crippen LogP contribution < -0.4 is 5.73 Å². The summed E-state index contributed by atoms with van der Waals surface area (Å²) in [5, 5.41) is 2.83. The lowest BCUT2D eigenvalue weighted by atomic mass is 9.88. The first-order chi connectivity index (χ1) is 9.10. The first-order valence-corrected chi connectivity index (χ1v) is 7.15. The van der Waals surface area contributed by atoms with Crippen molar-refractivity contribution in [1.29, 1.82) is 0 Å². The van der Waals surface area contributed by atoms with Gasteiger partial charge >= 0.3 is 0 Å². The third kappa shape index (κ3) is 4.17. The Morgan fingerprint density at radius 2 is 2.21 bits per heavy atom. The minimum Gasteiger partial charge on any atom is -0.381 e. The molecule has 2 rings (SSSR count). The van der Waals surface area contributed by atoms with E-state index in [2.05, 4.69) is 4.98 Å². The number of hydrogen-bond donors (Lipinski definition) is 1. The van der Waals surface area contributed by atoms with E-state index in [1.807, 2.05) is 5.38 Å². The number of aromatic nitrogens is 1. The van der Waals surface area contributed by atoms with Gasteiger partial charge in [-0.2, -0.15) is 0 Å². The Morgan fingerprint density at radius 1 is 1.47 bits per heavy atom. The summed E-state index contributed by atoms with van der Waals surface area (Å²) < 4.78 is 33.9. The number of thiazole rings is 1. The smallest absolute Gasteiger partial charge is 0.261 e. The fraction of sp³-hybridized carbons (Fsp3) is 0.750. The number of nitrogens with zero attached hydrogens (tertiary/aromatic N) is 1. The average Bonchev–Trinajstić information content (AvgIpc) is 2.85. The lowest BCUT2D eigenvalue weighted by Gasteiger charge is -2.31. The number of nitrogens with two attached hydrogens (primary N) is 1. The van der Waals surface area contributed by atoms with Gasteiger partial charge in [0, 0.05) is 25.0 Å².